The SMILES string of the molecule is O=C(O)C(F)(F)F.[Ni]. The van der Waals surface area contributed by atoms with Crippen molar-refractivity contribution in [2.24, 2.45) is 0 Å². The smallest absolute Gasteiger partial charge is 0.475 e. The summed E-state index contributed by atoms with van der Waals surface area (Å²) in [5.74, 6) is -2.76. The van der Waals surface area contributed by atoms with Gasteiger partial charge in [0.1, 0.15) is 0 Å². The summed E-state index contributed by atoms with van der Waals surface area (Å²) in [5, 5.41) is 7.12. The predicted octanol–water partition coefficient (Wildman–Crippen LogP) is 0.631. The van der Waals surface area contributed by atoms with Crippen LogP contribution in [0.3, 0.4) is 0 Å². The van der Waals surface area contributed by atoms with E-state index in [1.54, 1.807) is 0 Å². The molecule has 52 valence electrons. The molecule has 8 heavy (non-hydrogen) atoms. The van der Waals surface area contributed by atoms with Crippen LogP contribution in [0, 0.1) is 0 Å². The average Bonchev–Trinajstić information content (AvgIpc) is 1.31. The van der Waals surface area contributed by atoms with E-state index in [1.165, 1.54) is 0 Å². The maximum Gasteiger partial charge on any atom is 0.490 e. The quantitative estimate of drug-likeness (QED) is 0.545. The van der Waals surface area contributed by atoms with Crippen LogP contribution in [0.15, 0.2) is 0 Å². The van der Waals surface area contributed by atoms with Crippen molar-refractivity contribution in [3.63, 3.8) is 0 Å². The molecule has 0 saturated heterocycles. The van der Waals surface area contributed by atoms with Crippen molar-refractivity contribution in [3.05, 3.63) is 0 Å². The van der Waals surface area contributed by atoms with E-state index in [-0.39, 0.29) is 16.5 Å². The monoisotopic (exact) mass is 172 g/mol. The number of halogens is 3. The van der Waals surface area contributed by atoms with E-state index in [2.05, 4.69) is 0 Å². The van der Waals surface area contributed by atoms with Gasteiger partial charge in [-0.3, -0.25) is 0 Å². The molecule has 0 bridgehead atoms. The summed E-state index contributed by atoms with van der Waals surface area (Å²) in [6, 6.07) is 0. The van der Waals surface area contributed by atoms with Crippen LogP contribution >= 0.6 is 0 Å². The molecule has 0 aliphatic heterocycles. The van der Waals surface area contributed by atoms with Crippen LogP contribution in [0.1, 0.15) is 0 Å². The van der Waals surface area contributed by atoms with E-state index in [1.807, 2.05) is 0 Å². The second-order valence-electron chi connectivity index (χ2n) is 0.803. The maximum atomic E-state index is 10.6. The number of hydrogen-bond donors (Lipinski definition) is 1. The molecule has 0 fully saturated rings. The Labute approximate surface area is 52.6 Å². The summed E-state index contributed by atoms with van der Waals surface area (Å²) < 4.78 is 31.7. The van der Waals surface area contributed by atoms with Crippen LogP contribution in [0.2, 0.25) is 0 Å². The third-order valence-electron chi connectivity index (χ3n) is 0.243. The molecule has 2 nitrogen and oxygen atoms in total. The van der Waals surface area contributed by atoms with E-state index in [9.17, 15) is 13.2 Å². The number of rotatable bonds is 0. The minimum atomic E-state index is -5.08. The molecule has 0 aromatic rings. The van der Waals surface area contributed by atoms with Crippen LogP contribution in [-0.4, -0.2) is 17.3 Å². The Kier molecular flexibility index (Phi) is 3.90. The third-order valence-corrected chi connectivity index (χ3v) is 0.243. The van der Waals surface area contributed by atoms with E-state index in [0.29, 0.717) is 0 Å². The Morgan fingerprint density at radius 2 is 1.50 bits per heavy atom. The van der Waals surface area contributed by atoms with Crippen LogP contribution in [0.4, 0.5) is 13.2 Å². The predicted molar refractivity (Wildman–Crippen MR) is 13.7 cm³/mol. The van der Waals surface area contributed by atoms with E-state index in [4.69, 9.17) is 9.90 Å². The number of carboxylic acids is 1. The van der Waals surface area contributed by atoms with Gasteiger partial charge in [-0.15, -0.1) is 0 Å². The fourth-order valence-corrected chi connectivity index (χ4v) is 0. The zero-order valence-corrected chi connectivity index (χ0v) is 4.29. The Hall–Kier alpha value is -0.246. The van der Waals surface area contributed by atoms with Gasteiger partial charge in [-0.25, -0.2) is 4.79 Å². The number of hydrogen-bond acceptors (Lipinski definition) is 1. The molecule has 0 radical (unpaired) electrons. The molecule has 0 atom stereocenters. The topological polar surface area (TPSA) is 37.3 Å². The summed E-state index contributed by atoms with van der Waals surface area (Å²) in [6.45, 7) is 0. The molecule has 0 rings (SSSR count). The van der Waals surface area contributed by atoms with Gasteiger partial charge < -0.3 is 5.11 Å². The Balaban J connectivity index is 0. The fourth-order valence-electron chi connectivity index (χ4n) is 0. The van der Waals surface area contributed by atoms with Gasteiger partial charge in [-0.2, -0.15) is 13.2 Å². The van der Waals surface area contributed by atoms with Gasteiger partial charge in [-0.1, -0.05) is 0 Å². The van der Waals surface area contributed by atoms with Crippen molar-refractivity contribution >= 4 is 5.97 Å². The van der Waals surface area contributed by atoms with Gasteiger partial charge in [-0.05, 0) is 0 Å². The molecule has 0 heterocycles. The Morgan fingerprint density at radius 3 is 1.50 bits per heavy atom. The minimum Gasteiger partial charge on any atom is -0.475 e. The normalized spacial score (nSPS) is 9.88. The first-order valence-corrected chi connectivity index (χ1v) is 1.24. The second kappa shape index (κ2) is 2.92. The molecule has 0 spiro atoms. The van der Waals surface area contributed by atoms with Crippen LogP contribution in [0.5, 0.6) is 0 Å². The fraction of sp³-hybridized carbons (Fsp3) is 0.500. The number of carboxylic acid groups (broad SMARTS) is 1. The second-order valence-corrected chi connectivity index (χ2v) is 0.803. The summed E-state index contributed by atoms with van der Waals surface area (Å²) >= 11 is 0. The summed E-state index contributed by atoms with van der Waals surface area (Å²) in [5.41, 5.74) is 0. The van der Waals surface area contributed by atoms with Gasteiger partial charge in [0.25, 0.3) is 0 Å². The van der Waals surface area contributed by atoms with Gasteiger partial charge in [0, 0.05) is 16.5 Å². The number of aliphatic carboxylic acids is 1. The van der Waals surface area contributed by atoms with Crippen LogP contribution in [-0.2, 0) is 21.3 Å². The molecule has 0 saturated carbocycles. The van der Waals surface area contributed by atoms with Gasteiger partial charge in [0.15, 0.2) is 0 Å². The molecule has 0 aliphatic rings. The summed E-state index contributed by atoms with van der Waals surface area (Å²) in [4.78, 5) is 8.90. The van der Waals surface area contributed by atoms with E-state index < -0.39 is 12.1 Å². The standard InChI is InChI=1S/C2HF3O2.Ni/c3-2(4,5)1(6)7;/h(H,6,7);. The molecule has 0 aromatic heterocycles. The van der Waals surface area contributed by atoms with Crippen molar-refractivity contribution in [1.29, 1.82) is 0 Å². The molecule has 0 aliphatic carbocycles. The molecular formula is C2HF3NiO2. The van der Waals surface area contributed by atoms with Crippen LogP contribution in [0.25, 0.3) is 0 Å². The first-order chi connectivity index (χ1) is 2.94. The Morgan fingerprint density at radius 1 is 1.38 bits per heavy atom. The molecule has 1 N–H and O–H groups in total. The molecule has 6 heteroatoms. The van der Waals surface area contributed by atoms with Crippen molar-refractivity contribution in [2.75, 3.05) is 0 Å². The largest absolute Gasteiger partial charge is 0.490 e. The third kappa shape index (κ3) is 3.93. The van der Waals surface area contributed by atoms with Gasteiger partial charge >= 0.3 is 12.1 Å². The summed E-state index contributed by atoms with van der Waals surface area (Å²) in [7, 11) is 0. The number of carbonyl (C=O) groups is 1. The minimum absolute atomic E-state index is 0. The van der Waals surface area contributed by atoms with Crippen molar-refractivity contribution < 1.29 is 39.6 Å². The Bertz CT molecular complexity index is 87.8. The maximum absolute atomic E-state index is 10.6. The average molecular weight is 173 g/mol. The molecule has 0 aromatic carbocycles. The number of alkyl halides is 3. The van der Waals surface area contributed by atoms with Crippen molar-refractivity contribution in [1.82, 2.24) is 0 Å². The molecule has 0 amide bonds. The first kappa shape index (κ1) is 10.7. The van der Waals surface area contributed by atoms with Crippen molar-refractivity contribution in [3.8, 4) is 0 Å². The summed E-state index contributed by atoms with van der Waals surface area (Å²) in [6.07, 6.45) is -5.08. The zero-order chi connectivity index (χ0) is 6.08. The van der Waals surface area contributed by atoms with E-state index >= 15 is 0 Å². The zero-order valence-electron chi connectivity index (χ0n) is 3.31. The first-order valence-electron chi connectivity index (χ1n) is 1.24. The van der Waals surface area contributed by atoms with Crippen LogP contribution < -0.4 is 0 Å². The van der Waals surface area contributed by atoms with E-state index in [0.717, 1.165) is 0 Å². The van der Waals surface area contributed by atoms with Crippen molar-refractivity contribution in [2.45, 2.75) is 6.18 Å². The molecule has 0 unspecified atom stereocenters. The van der Waals surface area contributed by atoms with Gasteiger partial charge in [0.05, 0.1) is 0 Å². The van der Waals surface area contributed by atoms with Gasteiger partial charge in [0.2, 0.25) is 0 Å². The molecular weight excluding hydrogens is 172 g/mol.